The molecule has 27 heavy (non-hydrogen) atoms. The van der Waals surface area contributed by atoms with Gasteiger partial charge in [-0.15, -0.1) is 11.3 Å². The molecule has 0 saturated carbocycles. The van der Waals surface area contributed by atoms with Crippen LogP contribution >= 0.6 is 11.3 Å². The highest BCUT2D eigenvalue weighted by Gasteiger charge is 2.16. The Morgan fingerprint density at radius 3 is 2.81 bits per heavy atom. The van der Waals surface area contributed by atoms with E-state index in [1.54, 1.807) is 17.5 Å². The summed E-state index contributed by atoms with van der Waals surface area (Å²) in [5, 5.41) is 10.5. The lowest BCUT2D eigenvalue weighted by Crippen LogP contribution is -2.20. The smallest absolute Gasteiger partial charge is 0.327 e. The molecule has 0 radical (unpaired) electrons. The van der Waals surface area contributed by atoms with E-state index in [1.165, 1.54) is 4.57 Å². The zero-order valence-electron chi connectivity index (χ0n) is 15.0. The average molecular weight is 394 g/mol. The van der Waals surface area contributed by atoms with Crippen LogP contribution in [0.4, 0.5) is 8.78 Å². The second-order valence-corrected chi connectivity index (χ2v) is 7.21. The molecule has 0 aromatic carbocycles. The Labute approximate surface area is 158 Å². The average Bonchev–Trinajstić information content (AvgIpc) is 3.34. The van der Waals surface area contributed by atoms with Crippen molar-refractivity contribution >= 4 is 11.3 Å². The van der Waals surface area contributed by atoms with E-state index in [0.717, 1.165) is 27.4 Å². The fourth-order valence-corrected chi connectivity index (χ4v) is 3.82. The molecule has 0 aliphatic rings. The number of nitrogens with one attached hydrogen (secondary N) is 1. The molecular formula is C17H20F2N6OS. The number of rotatable bonds is 7. The van der Waals surface area contributed by atoms with Crippen LogP contribution in [0.3, 0.4) is 0 Å². The maximum Gasteiger partial charge on any atom is 0.343 e. The highest BCUT2D eigenvalue weighted by molar-refractivity contribution is 7.15. The van der Waals surface area contributed by atoms with Crippen LogP contribution in [-0.2, 0) is 19.5 Å². The second kappa shape index (κ2) is 7.97. The summed E-state index contributed by atoms with van der Waals surface area (Å²) in [6.07, 6.45) is 1.77. The van der Waals surface area contributed by atoms with E-state index in [0.29, 0.717) is 0 Å². The zero-order valence-corrected chi connectivity index (χ0v) is 15.8. The standard InChI is InChI=1S/C17H20F2N6OS/c1-3-24-8-12(7-21-24)13-4-10(2)14(27-13)9-25-15(22-23-17(25)26)5-11(6-20)16(18)19/h4,7-8H,3,5-6,9,20H2,1-2H3,(H,23,26). The van der Waals surface area contributed by atoms with Gasteiger partial charge in [0.1, 0.15) is 5.82 Å². The number of aryl methyl sites for hydroxylation is 2. The first-order valence-corrected chi connectivity index (χ1v) is 9.23. The second-order valence-electron chi connectivity index (χ2n) is 6.08. The summed E-state index contributed by atoms with van der Waals surface area (Å²) in [5.74, 6) is 0.237. The monoisotopic (exact) mass is 394 g/mol. The fourth-order valence-electron chi connectivity index (χ4n) is 2.68. The number of thiophene rings is 1. The van der Waals surface area contributed by atoms with Crippen molar-refractivity contribution in [2.45, 2.75) is 33.4 Å². The van der Waals surface area contributed by atoms with Crippen LogP contribution < -0.4 is 11.4 Å². The van der Waals surface area contributed by atoms with Crippen LogP contribution in [0.15, 0.2) is 34.9 Å². The minimum Gasteiger partial charge on any atom is -0.327 e. The molecule has 0 spiro atoms. The molecule has 0 unspecified atom stereocenters. The molecule has 0 fully saturated rings. The molecule has 3 N–H and O–H groups in total. The molecule has 0 aliphatic heterocycles. The molecule has 3 aromatic heterocycles. The third-order valence-corrected chi connectivity index (χ3v) is 5.56. The molecule has 7 nitrogen and oxygen atoms in total. The summed E-state index contributed by atoms with van der Waals surface area (Å²) in [5.41, 5.74) is 6.72. The summed E-state index contributed by atoms with van der Waals surface area (Å²) in [6, 6.07) is 2.04. The van der Waals surface area contributed by atoms with E-state index in [-0.39, 0.29) is 30.9 Å². The Hall–Kier alpha value is -2.59. The van der Waals surface area contributed by atoms with Crippen LogP contribution in [0.5, 0.6) is 0 Å². The molecule has 0 bridgehead atoms. The molecule has 3 aromatic rings. The van der Waals surface area contributed by atoms with Gasteiger partial charge in [0.05, 0.1) is 12.7 Å². The number of aromatic amines is 1. The van der Waals surface area contributed by atoms with Gasteiger partial charge in [0, 0.05) is 46.6 Å². The molecule has 0 aliphatic carbocycles. The van der Waals surface area contributed by atoms with Gasteiger partial charge in [0.2, 0.25) is 0 Å². The van der Waals surface area contributed by atoms with E-state index < -0.39 is 11.8 Å². The predicted octanol–water partition coefficient (Wildman–Crippen LogP) is 2.52. The number of halogens is 2. The Morgan fingerprint density at radius 1 is 1.41 bits per heavy atom. The van der Waals surface area contributed by atoms with Crippen molar-refractivity contribution in [3.8, 4) is 10.4 Å². The SMILES string of the molecule is CCn1cc(-c2cc(C)c(Cn3c(CC(CN)=C(F)F)n[nH]c3=O)s2)cn1. The number of nitrogens with zero attached hydrogens (tertiary/aromatic N) is 4. The Kier molecular flexibility index (Phi) is 5.66. The minimum atomic E-state index is -1.83. The zero-order chi connectivity index (χ0) is 19.6. The topological polar surface area (TPSA) is 94.5 Å². The van der Waals surface area contributed by atoms with Crippen molar-refractivity contribution in [2.75, 3.05) is 6.54 Å². The highest BCUT2D eigenvalue weighted by atomic mass is 32.1. The normalized spacial score (nSPS) is 11.1. The van der Waals surface area contributed by atoms with Gasteiger partial charge < -0.3 is 5.73 Å². The largest absolute Gasteiger partial charge is 0.343 e. The molecule has 3 rings (SSSR count). The van der Waals surface area contributed by atoms with E-state index in [9.17, 15) is 13.6 Å². The van der Waals surface area contributed by atoms with Crippen molar-refractivity contribution in [3.63, 3.8) is 0 Å². The lowest BCUT2D eigenvalue weighted by molar-refractivity contribution is 0.407. The van der Waals surface area contributed by atoms with Gasteiger partial charge in [-0.25, -0.2) is 9.89 Å². The fraction of sp³-hybridized carbons (Fsp3) is 0.353. The van der Waals surface area contributed by atoms with Gasteiger partial charge in [-0.1, -0.05) is 0 Å². The first-order chi connectivity index (χ1) is 12.9. The van der Waals surface area contributed by atoms with E-state index >= 15 is 0 Å². The Morgan fingerprint density at radius 2 is 2.19 bits per heavy atom. The molecule has 144 valence electrons. The van der Waals surface area contributed by atoms with Gasteiger partial charge in [0.25, 0.3) is 6.08 Å². The van der Waals surface area contributed by atoms with E-state index in [2.05, 4.69) is 15.3 Å². The number of hydrogen-bond donors (Lipinski definition) is 2. The third kappa shape index (κ3) is 4.06. The number of H-pyrrole nitrogens is 1. The van der Waals surface area contributed by atoms with Crippen LogP contribution in [0.25, 0.3) is 10.4 Å². The number of nitrogens with two attached hydrogens (primary N) is 1. The van der Waals surface area contributed by atoms with Crippen LogP contribution in [0, 0.1) is 6.92 Å². The molecule has 0 saturated heterocycles. The molecular weight excluding hydrogens is 374 g/mol. The number of aromatic nitrogens is 5. The molecule has 10 heteroatoms. The Bertz CT molecular complexity index is 1020. The predicted molar refractivity (Wildman–Crippen MR) is 99.9 cm³/mol. The van der Waals surface area contributed by atoms with Gasteiger partial charge in [-0.3, -0.25) is 9.25 Å². The Balaban J connectivity index is 1.89. The van der Waals surface area contributed by atoms with Gasteiger partial charge in [-0.05, 0) is 25.5 Å². The van der Waals surface area contributed by atoms with Gasteiger partial charge in [0.15, 0.2) is 0 Å². The summed E-state index contributed by atoms with van der Waals surface area (Å²) in [6.45, 7) is 4.73. The van der Waals surface area contributed by atoms with Gasteiger partial charge >= 0.3 is 5.69 Å². The summed E-state index contributed by atoms with van der Waals surface area (Å²) in [7, 11) is 0. The van der Waals surface area contributed by atoms with Crippen molar-refractivity contribution < 1.29 is 8.78 Å². The summed E-state index contributed by atoms with van der Waals surface area (Å²) in [4.78, 5) is 14.1. The summed E-state index contributed by atoms with van der Waals surface area (Å²) < 4.78 is 29.0. The third-order valence-electron chi connectivity index (χ3n) is 4.29. The lowest BCUT2D eigenvalue weighted by atomic mass is 10.2. The van der Waals surface area contributed by atoms with Crippen molar-refractivity contribution in [2.24, 2.45) is 5.73 Å². The first kappa shape index (κ1) is 19.2. The van der Waals surface area contributed by atoms with Crippen LogP contribution in [0.1, 0.15) is 23.2 Å². The molecule has 0 amide bonds. The molecule has 3 heterocycles. The van der Waals surface area contributed by atoms with Crippen molar-refractivity contribution in [3.05, 3.63) is 56.9 Å². The lowest BCUT2D eigenvalue weighted by Gasteiger charge is -2.06. The molecule has 0 atom stereocenters. The minimum absolute atomic E-state index is 0.169. The maximum absolute atomic E-state index is 12.9. The van der Waals surface area contributed by atoms with E-state index in [4.69, 9.17) is 5.73 Å². The summed E-state index contributed by atoms with van der Waals surface area (Å²) >= 11 is 1.54. The quantitative estimate of drug-likeness (QED) is 0.644. The first-order valence-electron chi connectivity index (χ1n) is 8.42. The maximum atomic E-state index is 12.9. The number of hydrogen-bond acceptors (Lipinski definition) is 5. The van der Waals surface area contributed by atoms with Crippen LogP contribution in [0.2, 0.25) is 0 Å². The highest BCUT2D eigenvalue weighted by Crippen LogP contribution is 2.31. The van der Waals surface area contributed by atoms with Crippen LogP contribution in [-0.4, -0.2) is 31.1 Å². The van der Waals surface area contributed by atoms with E-state index in [1.807, 2.05) is 30.8 Å². The van der Waals surface area contributed by atoms with Gasteiger partial charge in [-0.2, -0.15) is 19.0 Å². The van der Waals surface area contributed by atoms with Crippen molar-refractivity contribution in [1.29, 1.82) is 0 Å². The van der Waals surface area contributed by atoms with Crippen molar-refractivity contribution in [1.82, 2.24) is 24.5 Å².